The van der Waals surface area contributed by atoms with Crippen molar-refractivity contribution in [2.75, 3.05) is 13.2 Å². The van der Waals surface area contributed by atoms with Gasteiger partial charge in [0.25, 0.3) is 0 Å². The average Bonchev–Trinajstić information content (AvgIpc) is 2.86. The predicted octanol–water partition coefficient (Wildman–Crippen LogP) is 2.09. The molecule has 2 rings (SSSR count). The number of carbonyl (C=O) groups is 1. The lowest BCUT2D eigenvalue weighted by Gasteiger charge is -2.21. The van der Waals surface area contributed by atoms with Crippen LogP contribution in [0.15, 0.2) is 0 Å². The summed E-state index contributed by atoms with van der Waals surface area (Å²) in [4.78, 5) is 12.9. The first-order chi connectivity index (χ1) is 9.16. The Morgan fingerprint density at radius 3 is 3.11 bits per heavy atom. The third-order valence-corrected chi connectivity index (χ3v) is 4.04. The highest BCUT2D eigenvalue weighted by Gasteiger charge is 2.18. The molecule has 0 unspecified atom stereocenters. The summed E-state index contributed by atoms with van der Waals surface area (Å²) in [5.74, 6) is 0.814. The van der Waals surface area contributed by atoms with Crippen molar-refractivity contribution in [3.05, 3.63) is 10.6 Å². The Labute approximate surface area is 117 Å². The minimum atomic E-state index is 0.0959. The van der Waals surface area contributed by atoms with Gasteiger partial charge in [-0.1, -0.05) is 18.3 Å². The van der Waals surface area contributed by atoms with Gasteiger partial charge in [0, 0.05) is 19.6 Å². The molecule has 0 radical (unpaired) electrons. The van der Waals surface area contributed by atoms with E-state index in [4.69, 9.17) is 4.74 Å². The minimum absolute atomic E-state index is 0.0959. The van der Waals surface area contributed by atoms with Gasteiger partial charge in [0.2, 0.25) is 5.91 Å². The number of nitrogens with one attached hydrogen (secondary N) is 1. The Balaban J connectivity index is 1.78. The maximum atomic E-state index is 11.9. The zero-order valence-corrected chi connectivity index (χ0v) is 12.3. The number of aromatic nitrogens is 2. The van der Waals surface area contributed by atoms with Crippen molar-refractivity contribution in [3.63, 3.8) is 0 Å². The molecule has 0 bridgehead atoms. The van der Waals surface area contributed by atoms with Crippen LogP contribution in [-0.2, 0) is 16.1 Å². The molecule has 5 nitrogen and oxygen atoms in total. The summed E-state index contributed by atoms with van der Waals surface area (Å²) in [6, 6.07) is 0. The van der Waals surface area contributed by atoms with Gasteiger partial charge in [0.15, 0.2) is 0 Å². The fourth-order valence-electron chi connectivity index (χ4n) is 2.26. The molecule has 0 aliphatic carbocycles. The Hall–Kier alpha value is -1.01. The molecule has 19 heavy (non-hydrogen) atoms. The normalized spacial score (nSPS) is 19.6. The van der Waals surface area contributed by atoms with E-state index in [0.29, 0.717) is 31.4 Å². The van der Waals surface area contributed by atoms with Gasteiger partial charge in [-0.15, -0.1) is 5.10 Å². The number of rotatable bonds is 5. The summed E-state index contributed by atoms with van der Waals surface area (Å²) >= 11 is 1.37. The van der Waals surface area contributed by atoms with Crippen LogP contribution in [-0.4, -0.2) is 28.7 Å². The van der Waals surface area contributed by atoms with Gasteiger partial charge in [0.1, 0.15) is 0 Å². The molecule has 1 aromatic rings. The third kappa shape index (κ3) is 4.24. The molecule has 1 aromatic heterocycles. The van der Waals surface area contributed by atoms with Crippen LogP contribution in [0.3, 0.4) is 0 Å². The minimum Gasteiger partial charge on any atom is -0.381 e. The van der Waals surface area contributed by atoms with Gasteiger partial charge in [-0.05, 0) is 36.2 Å². The number of hydrogen-bond donors (Lipinski definition) is 1. The third-order valence-electron chi connectivity index (χ3n) is 3.31. The lowest BCUT2D eigenvalue weighted by atomic mass is 9.98. The van der Waals surface area contributed by atoms with E-state index in [0.717, 1.165) is 30.0 Å². The van der Waals surface area contributed by atoms with Crippen molar-refractivity contribution in [2.24, 2.45) is 5.92 Å². The van der Waals surface area contributed by atoms with E-state index < -0.39 is 0 Å². The summed E-state index contributed by atoms with van der Waals surface area (Å²) in [5, 5.41) is 7.07. The van der Waals surface area contributed by atoms with E-state index >= 15 is 0 Å². The standard InChI is InChI=1S/C13H21N3O2S/c1-9(2)13-11(19-16-15-13)7-14-12(17)6-10-4-3-5-18-8-10/h9-10H,3-8H2,1-2H3,(H,14,17)/t10-/m1/s1. The molecule has 106 valence electrons. The molecule has 1 fully saturated rings. The Bertz CT molecular complexity index is 414. The lowest BCUT2D eigenvalue weighted by molar-refractivity contribution is -0.123. The quantitative estimate of drug-likeness (QED) is 0.898. The van der Waals surface area contributed by atoms with E-state index in [1.165, 1.54) is 11.5 Å². The second kappa shape index (κ2) is 6.96. The highest BCUT2D eigenvalue weighted by atomic mass is 32.1. The van der Waals surface area contributed by atoms with Gasteiger partial charge in [0.05, 0.1) is 17.1 Å². The van der Waals surface area contributed by atoms with Crippen molar-refractivity contribution < 1.29 is 9.53 Å². The first-order valence-electron chi connectivity index (χ1n) is 6.82. The average molecular weight is 283 g/mol. The zero-order valence-electron chi connectivity index (χ0n) is 11.5. The van der Waals surface area contributed by atoms with Crippen LogP contribution in [0.5, 0.6) is 0 Å². The van der Waals surface area contributed by atoms with Gasteiger partial charge in [-0.2, -0.15) is 0 Å². The van der Waals surface area contributed by atoms with Crippen molar-refractivity contribution >= 4 is 17.4 Å². The molecule has 0 aromatic carbocycles. The first kappa shape index (κ1) is 14.4. The Morgan fingerprint density at radius 2 is 2.42 bits per heavy atom. The maximum Gasteiger partial charge on any atom is 0.220 e. The first-order valence-corrected chi connectivity index (χ1v) is 7.59. The van der Waals surface area contributed by atoms with Gasteiger partial charge in [-0.3, -0.25) is 4.79 Å². The highest BCUT2D eigenvalue weighted by molar-refractivity contribution is 7.05. The lowest BCUT2D eigenvalue weighted by Crippen LogP contribution is -2.28. The van der Waals surface area contributed by atoms with Crippen molar-refractivity contribution in [1.82, 2.24) is 14.9 Å². The van der Waals surface area contributed by atoms with E-state index in [9.17, 15) is 4.79 Å². The molecule has 2 heterocycles. The van der Waals surface area contributed by atoms with Gasteiger partial charge < -0.3 is 10.1 Å². The molecule has 1 atom stereocenters. The van der Waals surface area contributed by atoms with Crippen LogP contribution in [0, 0.1) is 5.92 Å². The SMILES string of the molecule is CC(C)c1nnsc1CNC(=O)C[C@H]1CCCOC1. The second-order valence-electron chi connectivity index (χ2n) is 5.30. The van der Waals surface area contributed by atoms with Crippen LogP contribution in [0.4, 0.5) is 0 Å². The summed E-state index contributed by atoms with van der Waals surface area (Å²) in [7, 11) is 0. The molecular formula is C13H21N3O2S. The molecule has 0 spiro atoms. The van der Waals surface area contributed by atoms with Crippen LogP contribution >= 0.6 is 11.5 Å². The number of carbonyl (C=O) groups excluding carboxylic acids is 1. The van der Waals surface area contributed by atoms with Gasteiger partial charge >= 0.3 is 0 Å². The highest BCUT2D eigenvalue weighted by Crippen LogP contribution is 2.20. The van der Waals surface area contributed by atoms with E-state index in [2.05, 4.69) is 28.8 Å². The van der Waals surface area contributed by atoms with Crippen molar-refractivity contribution in [1.29, 1.82) is 0 Å². The maximum absolute atomic E-state index is 11.9. The number of nitrogens with zero attached hydrogens (tertiary/aromatic N) is 2. The topological polar surface area (TPSA) is 64.1 Å². The van der Waals surface area contributed by atoms with Crippen LogP contribution in [0.1, 0.15) is 49.6 Å². The number of hydrogen-bond acceptors (Lipinski definition) is 5. The number of ether oxygens (including phenoxy) is 1. The largest absolute Gasteiger partial charge is 0.381 e. The van der Waals surface area contributed by atoms with Crippen LogP contribution in [0.2, 0.25) is 0 Å². The molecule has 0 saturated carbocycles. The molecule has 1 aliphatic rings. The molecule has 1 saturated heterocycles. The fraction of sp³-hybridized carbons (Fsp3) is 0.769. The zero-order chi connectivity index (χ0) is 13.7. The van der Waals surface area contributed by atoms with E-state index in [1.807, 2.05) is 0 Å². The fourth-order valence-corrected chi connectivity index (χ4v) is 2.99. The Morgan fingerprint density at radius 1 is 1.58 bits per heavy atom. The summed E-state index contributed by atoms with van der Waals surface area (Å²) in [5.41, 5.74) is 0.992. The van der Waals surface area contributed by atoms with E-state index in [-0.39, 0.29) is 5.91 Å². The van der Waals surface area contributed by atoms with Crippen molar-refractivity contribution in [3.8, 4) is 0 Å². The smallest absolute Gasteiger partial charge is 0.220 e. The predicted molar refractivity (Wildman–Crippen MR) is 74.0 cm³/mol. The summed E-state index contributed by atoms with van der Waals surface area (Å²) in [6.45, 7) is 6.26. The molecule has 6 heteroatoms. The Kier molecular flexibility index (Phi) is 5.27. The summed E-state index contributed by atoms with van der Waals surface area (Å²) < 4.78 is 9.34. The second-order valence-corrected chi connectivity index (χ2v) is 6.14. The van der Waals surface area contributed by atoms with Gasteiger partial charge in [-0.25, -0.2) is 0 Å². The number of amides is 1. The van der Waals surface area contributed by atoms with Crippen LogP contribution < -0.4 is 5.32 Å². The molecule has 1 aliphatic heterocycles. The van der Waals surface area contributed by atoms with Crippen molar-refractivity contribution in [2.45, 2.75) is 45.6 Å². The molecule has 1 N–H and O–H groups in total. The molecule has 1 amide bonds. The summed E-state index contributed by atoms with van der Waals surface area (Å²) in [6.07, 6.45) is 2.71. The molecular weight excluding hydrogens is 262 g/mol. The monoisotopic (exact) mass is 283 g/mol. The van der Waals surface area contributed by atoms with E-state index in [1.54, 1.807) is 0 Å². The van der Waals surface area contributed by atoms with Crippen LogP contribution in [0.25, 0.3) is 0 Å².